The highest BCUT2D eigenvalue weighted by Crippen LogP contribution is 2.22. The van der Waals surface area contributed by atoms with Gasteiger partial charge >= 0.3 is 11.9 Å². The van der Waals surface area contributed by atoms with Crippen molar-refractivity contribution >= 4 is 11.9 Å². The van der Waals surface area contributed by atoms with Crippen LogP contribution in [0.5, 0.6) is 0 Å². The molecule has 190 valence electrons. The van der Waals surface area contributed by atoms with Gasteiger partial charge in [0.25, 0.3) is 0 Å². The normalized spacial score (nSPS) is 12.6. The number of carboxylic acids is 1. The summed E-state index contributed by atoms with van der Waals surface area (Å²) in [7, 11) is 0. The van der Waals surface area contributed by atoms with Gasteiger partial charge in [-0.05, 0) is 12.8 Å². The van der Waals surface area contributed by atoms with Gasteiger partial charge in [0.1, 0.15) is 6.61 Å². The summed E-state index contributed by atoms with van der Waals surface area (Å²) < 4.78 is 5.16. The molecule has 0 saturated heterocycles. The summed E-state index contributed by atoms with van der Waals surface area (Å²) >= 11 is 0. The highest BCUT2D eigenvalue weighted by atomic mass is 16.5. The molecule has 1 atom stereocenters. The monoisotopic (exact) mass is 458 g/mol. The number of unbranched alkanes of at least 4 members (excludes halogenated alkanes) is 13. The molecule has 0 aliphatic heterocycles. The number of carbonyl (C=O) groups excluding carboxylic acids is 1. The van der Waals surface area contributed by atoms with E-state index >= 15 is 0 Å². The van der Waals surface area contributed by atoms with Crippen LogP contribution in [0.1, 0.15) is 123 Å². The van der Waals surface area contributed by atoms with Gasteiger partial charge < -0.3 is 20.1 Å². The zero-order valence-electron chi connectivity index (χ0n) is 20.8. The summed E-state index contributed by atoms with van der Waals surface area (Å²) in [5.74, 6) is -2.29. The first kappa shape index (κ1) is 30.9. The highest BCUT2D eigenvalue weighted by molar-refractivity contribution is 5.78. The minimum atomic E-state index is -0.970. The predicted octanol–water partition coefficient (Wildman–Crippen LogP) is 5.87. The lowest BCUT2D eigenvalue weighted by molar-refractivity contribution is -0.155. The largest absolute Gasteiger partial charge is 0.481 e. The molecule has 0 bridgehead atoms. The van der Waals surface area contributed by atoms with Crippen LogP contribution in [0, 0.1) is 11.3 Å². The maximum absolute atomic E-state index is 12.1. The van der Waals surface area contributed by atoms with Crippen LogP contribution in [0.25, 0.3) is 0 Å². The van der Waals surface area contributed by atoms with E-state index in [1.165, 1.54) is 70.6 Å². The van der Waals surface area contributed by atoms with Crippen LogP contribution in [0.2, 0.25) is 0 Å². The molecule has 3 N–H and O–H groups in total. The molecule has 0 aliphatic carbocycles. The van der Waals surface area contributed by atoms with Crippen LogP contribution in [-0.4, -0.2) is 47.1 Å². The van der Waals surface area contributed by atoms with Crippen LogP contribution < -0.4 is 0 Å². The molecule has 0 radical (unpaired) electrons. The van der Waals surface area contributed by atoms with Crippen molar-refractivity contribution in [2.75, 3.05) is 19.8 Å². The summed E-state index contributed by atoms with van der Waals surface area (Å²) in [6.07, 6.45) is 18.3. The fraction of sp³-hybridized carbons (Fsp3) is 0.923. The molecule has 32 heavy (non-hydrogen) atoms. The predicted molar refractivity (Wildman–Crippen MR) is 129 cm³/mol. The van der Waals surface area contributed by atoms with Gasteiger partial charge in [0.05, 0.1) is 31.0 Å². The molecule has 6 heteroatoms. The summed E-state index contributed by atoms with van der Waals surface area (Å²) in [5, 5.41) is 28.2. The van der Waals surface area contributed by atoms with Crippen LogP contribution >= 0.6 is 0 Å². The van der Waals surface area contributed by atoms with Crippen molar-refractivity contribution < 1.29 is 29.6 Å². The average molecular weight is 459 g/mol. The second-order valence-electron chi connectivity index (χ2n) is 9.45. The van der Waals surface area contributed by atoms with Crippen LogP contribution in [0.4, 0.5) is 0 Å². The van der Waals surface area contributed by atoms with Crippen molar-refractivity contribution in [1.29, 1.82) is 0 Å². The van der Waals surface area contributed by atoms with Crippen molar-refractivity contribution in [3.05, 3.63) is 0 Å². The number of hydrogen-bond acceptors (Lipinski definition) is 5. The Labute approximate surface area is 196 Å². The number of hydrogen-bond donors (Lipinski definition) is 3. The van der Waals surface area contributed by atoms with Gasteiger partial charge in [-0.2, -0.15) is 0 Å². The number of rotatable bonds is 23. The first-order valence-electron chi connectivity index (χ1n) is 13.0. The van der Waals surface area contributed by atoms with E-state index in [1.807, 2.05) is 0 Å². The highest BCUT2D eigenvalue weighted by Gasteiger charge is 2.30. The Hall–Kier alpha value is -1.14. The van der Waals surface area contributed by atoms with E-state index in [0.29, 0.717) is 12.8 Å². The fourth-order valence-electron chi connectivity index (χ4n) is 3.86. The number of aliphatic carboxylic acids is 1. The van der Waals surface area contributed by atoms with E-state index in [-0.39, 0.29) is 26.2 Å². The van der Waals surface area contributed by atoms with Crippen molar-refractivity contribution in [1.82, 2.24) is 0 Å². The molecule has 0 amide bonds. The molecule has 0 aromatic heterocycles. The average Bonchev–Trinajstić information content (AvgIpc) is 2.79. The minimum Gasteiger partial charge on any atom is -0.481 e. The number of esters is 1. The molecule has 0 fully saturated rings. The SMILES string of the molecule is CCCCCCCCCCCCCCCCC(CC(=O)OCC(CC)(CO)CO)C(=O)O. The van der Waals surface area contributed by atoms with Gasteiger partial charge in [-0.3, -0.25) is 9.59 Å². The van der Waals surface area contributed by atoms with E-state index in [1.54, 1.807) is 6.92 Å². The maximum Gasteiger partial charge on any atom is 0.307 e. The Bertz CT molecular complexity index is 453. The molecule has 0 saturated carbocycles. The Kier molecular flexibility index (Phi) is 19.7. The standard InChI is InChI=1S/C26H50O6/c1-3-5-6-7-8-9-10-11-12-13-14-15-16-17-18-23(25(30)31)19-24(29)32-22-26(4-2,20-27)21-28/h23,27-28H,3-22H2,1-2H3,(H,30,31). The topological polar surface area (TPSA) is 104 Å². The second-order valence-corrected chi connectivity index (χ2v) is 9.45. The summed E-state index contributed by atoms with van der Waals surface area (Å²) in [4.78, 5) is 23.5. The van der Waals surface area contributed by atoms with Crippen molar-refractivity contribution in [2.45, 2.75) is 123 Å². The number of carboxylic acid groups (broad SMARTS) is 1. The minimum absolute atomic E-state index is 0.0967. The molecular weight excluding hydrogens is 408 g/mol. The molecule has 0 aromatic carbocycles. The Morgan fingerprint density at radius 1 is 0.750 bits per heavy atom. The van der Waals surface area contributed by atoms with Crippen molar-refractivity contribution in [3.8, 4) is 0 Å². The summed E-state index contributed by atoms with van der Waals surface area (Å²) in [6.45, 7) is 3.39. The fourth-order valence-corrected chi connectivity index (χ4v) is 3.86. The Morgan fingerprint density at radius 2 is 1.19 bits per heavy atom. The van der Waals surface area contributed by atoms with Gasteiger partial charge in [-0.1, -0.05) is 104 Å². The molecule has 0 aliphatic rings. The smallest absolute Gasteiger partial charge is 0.307 e. The van der Waals surface area contributed by atoms with E-state index in [4.69, 9.17) is 4.74 Å². The zero-order chi connectivity index (χ0) is 24.1. The summed E-state index contributed by atoms with van der Waals surface area (Å²) in [6, 6.07) is 0. The van der Waals surface area contributed by atoms with Gasteiger partial charge in [0.2, 0.25) is 0 Å². The molecule has 0 heterocycles. The number of aliphatic hydroxyl groups is 2. The lowest BCUT2D eigenvalue weighted by Crippen LogP contribution is -2.35. The van der Waals surface area contributed by atoms with Gasteiger partial charge in [0.15, 0.2) is 0 Å². The quantitative estimate of drug-likeness (QED) is 0.131. The molecule has 0 rings (SSSR count). The van der Waals surface area contributed by atoms with Gasteiger partial charge in [-0.25, -0.2) is 0 Å². The molecular formula is C26H50O6. The third-order valence-electron chi connectivity index (χ3n) is 6.63. The first-order chi connectivity index (χ1) is 15.4. The van der Waals surface area contributed by atoms with E-state index < -0.39 is 23.3 Å². The van der Waals surface area contributed by atoms with E-state index in [0.717, 1.165) is 19.3 Å². The molecule has 1 unspecified atom stereocenters. The van der Waals surface area contributed by atoms with E-state index in [9.17, 15) is 24.9 Å². The Morgan fingerprint density at radius 3 is 1.56 bits per heavy atom. The lowest BCUT2D eigenvalue weighted by Gasteiger charge is -2.27. The third-order valence-corrected chi connectivity index (χ3v) is 6.63. The molecule has 0 spiro atoms. The number of aliphatic hydroxyl groups excluding tert-OH is 2. The Balaban J connectivity index is 3.81. The van der Waals surface area contributed by atoms with Crippen LogP contribution in [0.15, 0.2) is 0 Å². The lowest BCUT2D eigenvalue weighted by atomic mass is 9.88. The van der Waals surface area contributed by atoms with Crippen LogP contribution in [-0.2, 0) is 14.3 Å². The third kappa shape index (κ3) is 15.6. The van der Waals surface area contributed by atoms with Crippen LogP contribution in [0.3, 0.4) is 0 Å². The zero-order valence-corrected chi connectivity index (χ0v) is 20.8. The second kappa shape index (κ2) is 20.5. The van der Waals surface area contributed by atoms with Gasteiger partial charge in [0, 0.05) is 0 Å². The molecule has 6 nitrogen and oxygen atoms in total. The summed E-state index contributed by atoms with van der Waals surface area (Å²) in [5.41, 5.74) is -0.858. The van der Waals surface area contributed by atoms with Crippen molar-refractivity contribution in [3.63, 3.8) is 0 Å². The molecule has 0 aromatic rings. The van der Waals surface area contributed by atoms with E-state index in [2.05, 4.69) is 6.92 Å². The number of ether oxygens (including phenoxy) is 1. The van der Waals surface area contributed by atoms with Gasteiger partial charge in [-0.15, -0.1) is 0 Å². The van der Waals surface area contributed by atoms with Crippen molar-refractivity contribution in [2.24, 2.45) is 11.3 Å². The first-order valence-corrected chi connectivity index (χ1v) is 13.0. The maximum atomic E-state index is 12.1. The number of carbonyl (C=O) groups is 2.